The summed E-state index contributed by atoms with van der Waals surface area (Å²) < 4.78 is 1.98. The SMILES string of the molecule is NC(=O)CCn1c(SCC(=O)N2CCCCCCC2)nnc1C1CC1. The van der Waals surface area contributed by atoms with Crippen molar-refractivity contribution >= 4 is 23.6 Å². The predicted molar refractivity (Wildman–Crippen MR) is 96.2 cm³/mol. The lowest BCUT2D eigenvalue weighted by Gasteiger charge is -2.24. The van der Waals surface area contributed by atoms with Crippen molar-refractivity contribution < 1.29 is 9.59 Å². The highest BCUT2D eigenvalue weighted by Gasteiger charge is 2.30. The molecule has 7 nitrogen and oxygen atoms in total. The summed E-state index contributed by atoms with van der Waals surface area (Å²) in [5.41, 5.74) is 5.29. The van der Waals surface area contributed by atoms with Gasteiger partial charge >= 0.3 is 0 Å². The van der Waals surface area contributed by atoms with Crippen LogP contribution in [0.1, 0.15) is 63.1 Å². The number of rotatable bonds is 7. The van der Waals surface area contributed by atoms with Gasteiger partial charge in [0, 0.05) is 32.0 Å². The number of carbonyl (C=O) groups is 2. The fraction of sp³-hybridized carbons (Fsp3) is 0.765. The lowest BCUT2D eigenvalue weighted by Crippen LogP contribution is -2.35. The van der Waals surface area contributed by atoms with Crippen LogP contribution >= 0.6 is 11.8 Å². The molecule has 2 fully saturated rings. The molecule has 2 N–H and O–H groups in total. The van der Waals surface area contributed by atoms with Gasteiger partial charge < -0.3 is 15.2 Å². The summed E-state index contributed by atoms with van der Waals surface area (Å²) in [5, 5.41) is 9.27. The normalized spacial score (nSPS) is 18.6. The minimum absolute atomic E-state index is 0.171. The van der Waals surface area contributed by atoms with E-state index in [-0.39, 0.29) is 18.2 Å². The Hall–Kier alpha value is -1.57. The van der Waals surface area contributed by atoms with Crippen molar-refractivity contribution in [3.63, 3.8) is 0 Å². The molecule has 1 saturated heterocycles. The first-order chi connectivity index (χ1) is 12.1. The molecule has 1 aliphatic carbocycles. The van der Waals surface area contributed by atoms with E-state index in [0.29, 0.717) is 18.2 Å². The maximum atomic E-state index is 12.5. The van der Waals surface area contributed by atoms with Crippen molar-refractivity contribution in [3.8, 4) is 0 Å². The molecular weight excluding hydrogens is 338 g/mol. The second-order valence-electron chi connectivity index (χ2n) is 6.92. The van der Waals surface area contributed by atoms with E-state index in [1.165, 1.54) is 31.0 Å². The molecule has 2 aliphatic rings. The summed E-state index contributed by atoms with van der Waals surface area (Å²) in [6, 6.07) is 0. The molecule has 3 rings (SSSR count). The zero-order valence-corrected chi connectivity index (χ0v) is 15.5. The molecule has 0 radical (unpaired) electrons. The minimum Gasteiger partial charge on any atom is -0.370 e. The average molecular weight is 366 g/mol. The average Bonchev–Trinajstić information content (AvgIpc) is 3.31. The van der Waals surface area contributed by atoms with Crippen LogP contribution < -0.4 is 5.73 Å². The Morgan fingerprint density at radius 1 is 1.08 bits per heavy atom. The topological polar surface area (TPSA) is 94.1 Å². The van der Waals surface area contributed by atoms with Crippen molar-refractivity contribution in [2.24, 2.45) is 5.73 Å². The van der Waals surface area contributed by atoms with Gasteiger partial charge in [0.15, 0.2) is 5.16 Å². The highest BCUT2D eigenvalue weighted by atomic mass is 32.2. The van der Waals surface area contributed by atoms with Crippen molar-refractivity contribution in [3.05, 3.63) is 5.82 Å². The summed E-state index contributed by atoms with van der Waals surface area (Å²) in [6.45, 7) is 2.22. The third-order valence-corrected chi connectivity index (χ3v) is 5.75. The van der Waals surface area contributed by atoms with Crippen LogP contribution in [0.2, 0.25) is 0 Å². The summed E-state index contributed by atoms with van der Waals surface area (Å²) in [4.78, 5) is 25.7. The number of hydrogen-bond donors (Lipinski definition) is 1. The number of hydrogen-bond acceptors (Lipinski definition) is 5. The fourth-order valence-corrected chi connectivity index (χ4v) is 4.07. The molecule has 1 aromatic rings. The van der Waals surface area contributed by atoms with Crippen molar-refractivity contribution in [1.82, 2.24) is 19.7 Å². The molecule has 1 aromatic heterocycles. The Bertz CT molecular complexity index is 606. The van der Waals surface area contributed by atoms with Gasteiger partial charge in [-0.05, 0) is 25.7 Å². The van der Waals surface area contributed by atoms with Crippen molar-refractivity contribution in [1.29, 1.82) is 0 Å². The standard InChI is InChI=1S/C17H27N5O2S/c18-14(23)8-11-22-16(13-6-7-13)19-20-17(22)25-12-15(24)21-9-4-2-1-3-5-10-21/h13H,1-12H2,(H2,18,23). The highest BCUT2D eigenvalue weighted by molar-refractivity contribution is 7.99. The monoisotopic (exact) mass is 365 g/mol. The maximum absolute atomic E-state index is 12.5. The van der Waals surface area contributed by atoms with E-state index in [0.717, 1.165) is 49.8 Å². The molecule has 2 amide bonds. The molecule has 138 valence electrons. The Kier molecular flexibility index (Phi) is 6.34. The van der Waals surface area contributed by atoms with Gasteiger partial charge in [-0.2, -0.15) is 0 Å². The fourth-order valence-electron chi connectivity index (χ4n) is 3.20. The van der Waals surface area contributed by atoms with Gasteiger partial charge in [-0.3, -0.25) is 9.59 Å². The van der Waals surface area contributed by atoms with Crippen LogP contribution in [0.4, 0.5) is 0 Å². The van der Waals surface area contributed by atoms with Gasteiger partial charge in [0.05, 0.1) is 5.75 Å². The second-order valence-corrected chi connectivity index (χ2v) is 7.86. The van der Waals surface area contributed by atoms with Crippen molar-refractivity contribution in [2.45, 2.75) is 69.0 Å². The molecule has 8 heteroatoms. The van der Waals surface area contributed by atoms with E-state index in [9.17, 15) is 9.59 Å². The van der Waals surface area contributed by atoms with Gasteiger partial charge in [0.25, 0.3) is 0 Å². The first-order valence-corrected chi connectivity index (χ1v) is 10.3. The van der Waals surface area contributed by atoms with Gasteiger partial charge in [-0.25, -0.2) is 0 Å². The van der Waals surface area contributed by atoms with Crippen LogP contribution in [0.5, 0.6) is 0 Å². The van der Waals surface area contributed by atoms with Crippen LogP contribution in [0.3, 0.4) is 0 Å². The quantitative estimate of drug-likeness (QED) is 0.745. The predicted octanol–water partition coefficient (Wildman–Crippen LogP) is 1.92. The van der Waals surface area contributed by atoms with Crippen LogP contribution in [0.25, 0.3) is 0 Å². The van der Waals surface area contributed by atoms with E-state index in [1.807, 2.05) is 9.47 Å². The number of amides is 2. The van der Waals surface area contributed by atoms with Crippen LogP contribution in [0.15, 0.2) is 5.16 Å². The Labute approximate surface area is 152 Å². The number of primary amides is 1. The molecule has 25 heavy (non-hydrogen) atoms. The zero-order valence-electron chi connectivity index (χ0n) is 14.7. The molecule has 1 saturated carbocycles. The zero-order chi connectivity index (χ0) is 17.6. The summed E-state index contributed by atoms with van der Waals surface area (Å²) in [5.74, 6) is 1.59. The Balaban J connectivity index is 1.59. The number of carbonyl (C=O) groups excluding carboxylic acids is 2. The summed E-state index contributed by atoms with van der Waals surface area (Å²) >= 11 is 1.42. The van der Waals surface area contributed by atoms with Gasteiger partial charge in [-0.15, -0.1) is 10.2 Å². The van der Waals surface area contributed by atoms with E-state index in [1.54, 1.807) is 0 Å². The molecule has 0 spiro atoms. The van der Waals surface area contributed by atoms with Gasteiger partial charge in [0.1, 0.15) is 5.82 Å². The molecule has 0 bridgehead atoms. The number of aromatic nitrogens is 3. The Morgan fingerprint density at radius 3 is 2.40 bits per heavy atom. The second kappa shape index (κ2) is 8.69. The minimum atomic E-state index is -0.330. The first kappa shape index (κ1) is 18.2. The van der Waals surface area contributed by atoms with Gasteiger partial charge in [-0.1, -0.05) is 31.0 Å². The van der Waals surface area contributed by atoms with E-state index in [2.05, 4.69) is 10.2 Å². The number of nitrogens with two attached hydrogens (primary N) is 1. The first-order valence-electron chi connectivity index (χ1n) is 9.27. The summed E-state index contributed by atoms with van der Waals surface area (Å²) in [7, 11) is 0. The number of nitrogens with zero attached hydrogens (tertiary/aromatic N) is 4. The van der Waals surface area contributed by atoms with E-state index >= 15 is 0 Å². The third-order valence-electron chi connectivity index (χ3n) is 4.80. The highest BCUT2D eigenvalue weighted by Crippen LogP contribution is 2.40. The molecule has 0 atom stereocenters. The smallest absolute Gasteiger partial charge is 0.233 e. The molecule has 2 heterocycles. The summed E-state index contributed by atoms with van der Waals surface area (Å²) in [6.07, 6.45) is 8.40. The van der Waals surface area contributed by atoms with Crippen LogP contribution in [-0.2, 0) is 16.1 Å². The van der Waals surface area contributed by atoms with E-state index < -0.39 is 0 Å². The number of thioether (sulfide) groups is 1. The molecule has 0 aromatic carbocycles. The van der Waals surface area contributed by atoms with Gasteiger partial charge in [0.2, 0.25) is 11.8 Å². The lowest BCUT2D eigenvalue weighted by molar-refractivity contribution is -0.128. The largest absolute Gasteiger partial charge is 0.370 e. The number of likely N-dealkylation sites (tertiary alicyclic amines) is 1. The van der Waals surface area contributed by atoms with Crippen LogP contribution in [-0.4, -0.2) is 50.3 Å². The maximum Gasteiger partial charge on any atom is 0.233 e. The molecule has 1 aliphatic heterocycles. The molecule has 0 unspecified atom stereocenters. The third kappa shape index (κ3) is 5.20. The van der Waals surface area contributed by atoms with Crippen molar-refractivity contribution in [2.75, 3.05) is 18.8 Å². The molecular formula is C17H27N5O2S. The Morgan fingerprint density at radius 2 is 1.76 bits per heavy atom. The lowest BCUT2D eigenvalue weighted by atomic mass is 10.1. The van der Waals surface area contributed by atoms with Crippen LogP contribution in [0, 0.1) is 0 Å². The van der Waals surface area contributed by atoms with E-state index in [4.69, 9.17) is 5.73 Å².